The molecule has 0 aliphatic carbocycles. The molecule has 3 N–H and O–H groups in total. The van der Waals surface area contributed by atoms with Crippen molar-refractivity contribution in [2.24, 2.45) is 0 Å². The largest absolute Gasteiger partial charge is 0.444 e. The number of hydrogen-bond donors (Lipinski definition) is 3. The second kappa shape index (κ2) is 9.16. The number of ether oxygens (including phenoxy) is 1. The summed E-state index contributed by atoms with van der Waals surface area (Å²) < 4.78 is 5.29. The predicted octanol–water partition coefficient (Wildman–Crippen LogP) is 5.43. The number of hydrogen-bond acceptors (Lipinski definition) is 4. The summed E-state index contributed by atoms with van der Waals surface area (Å²) in [6.07, 6.45) is 1.07. The summed E-state index contributed by atoms with van der Waals surface area (Å²) in [6.45, 7) is 5.38. The van der Waals surface area contributed by atoms with Crippen LogP contribution < -0.4 is 10.6 Å². The van der Waals surface area contributed by atoms with Gasteiger partial charge in [0.25, 0.3) is 5.91 Å². The topological polar surface area (TPSA) is 96.1 Å². The zero-order valence-electron chi connectivity index (χ0n) is 18.8. The van der Waals surface area contributed by atoms with Gasteiger partial charge in [0.2, 0.25) is 0 Å². The van der Waals surface area contributed by atoms with Gasteiger partial charge >= 0.3 is 6.09 Å². The molecule has 33 heavy (non-hydrogen) atoms. The van der Waals surface area contributed by atoms with E-state index in [1.807, 2.05) is 48.5 Å². The van der Waals surface area contributed by atoms with Gasteiger partial charge in [0, 0.05) is 11.3 Å². The minimum absolute atomic E-state index is 0.263. The highest BCUT2D eigenvalue weighted by molar-refractivity contribution is 5.96. The molecule has 0 radical (unpaired) electrons. The number of aromatic nitrogens is 2. The van der Waals surface area contributed by atoms with Crippen LogP contribution in [0.5, 0.6) is 0 Å². The van der Waals surface area contributed by atoms with Gasteiger partial charge in [-0.2, -0.15) is 0 Å². The number of amides is 2. The van der Waals surface area contributed by atoms with Gasteiger partial charge in [-0.05, 0) is 62.2 Å². The summed E-state index contributed by atoms with van der Waals surface area (Å²) in [5.41, 5.74) is 3.92. The molecule has 1 heterocycles. The molecule has 0 spiro atoms. The Balaban J connectivity index is 1.58. The highest BCUT2D eigenvalue weighted by atomic mass is 16.6. The molecule has 7 nitrogen and oxygen atoms in total. The average Bonchev–Trinajstić information content (AvgIpc) is 3.24. The molecule has 2 amide bonds. The van der Waals surface area contributed by atoms with E-state index in [1.54, 1.807) is 51.4 Å². The summed E-state index contributed by atoms with van der Waals surface area (Å²) in [5, 5.41) is 5.80. The van der Waals surface area contributed by atoms with Crippen molar-refractivity contribution in [3.63, 3.8) is 0 Å². The van der Waals surface area contributed by atoms with Crippen LogP contribution in [-0.2, 0) is 4.74 Å². The Labute approximate surface area is 192 Å². The maximum atomic E-state index is 13.2. The van der Waals surface area contributed by atoms with Crippen molar-refractivity contribution in [1.82, 2.24) is 15.3 Å². The van der Waals surface area contributed by atoms with Crippen molar-refractivity contribution in [2.45, 2.75) is 32.4 Å². The van der Waals surface area contributed by atoms with Crippen LogP contribution >= 0.6 is 0 Å². The van der Waals surface area contributed by atoms with Crippen LogP contribution in [0.2, 0.25) is 0 Å². The van der Waals surface area contributed by atoms with E-state index in [1.165, 1.54) is 0 Å². The summed E-state index contributed by atoms with van der Waals surface area (Å²) in [7, 11) is 0. The lowest BCUT2D eigenvalue weighted by molar-refractivity contribution is 0.0635. The van der Waals surface area contributed by atoms with E-state index >= 15 is 0 Å². The molecule has 4 rings (SSSR count). The minimum atomic E-state index is -0.613. The Morgan fingerprint density at radius 1 is 0.939 bits per heavy atom. The van der Waals surface area contributed by atoms with Gasteiger partial charge < -0.3 is 15.0 Å². The molecule has 3 aromatic carbocycles. The van der Waals surface area contributed by atoms with Crippen LogP contribution in [0.3, 0.4) is 0 Å². The Morgan fingerprint density at radius 2 is 1.73 bits per heavy atom. The first-order valence-electron chi connectivity index (χ1n) is 10.7. The van der Waals surface area contributed by atoms with Crippen molar-refractivity contribution in [2.75, 3.05) is 5.32 Å². The van der Waals surface area contributed by atoms with Crippen LogP contribution in [0.25, 0.3) is 11.0 Å². The molecule has 168 valence electrons. The Morgan fingerprint density at radius 3 is 2.48 bits per heavy atom. The van der Waals surface area contributed by atoms with Gasteiger partial charge in [-0.1, -0.05) is 42.5 Å². The van der Waals surface area contributed by atoms with E-state index in [9.17, 15) is 9.59 Å². The van der Waals surface area contributed by atoms with E-state index in [0.717, 1.165) is 22.2 Å². The zero-order valence-corrected chi connectivity index (χ0v) is 18.8. The summed E-state index contributed by atoms with van der Waals surface area (Å²) in [4.78, 5) is 32.7. The Kier molecular flexibility index (Phi) is 6.13. The summed E-state index contributed by atoms with van der Waals surface area (Å²) in [6, 6.07) is 22.0. The van der Waals surface area contributed by atoms with Crippen LogP contribution in [0.15, 0.2) is 79.1 Å². The third kappa shape index (κ3) is 5.57. The van der Waals surface area contributed by atoms with Gasteiger partial charge in [-0.3, -0.25) is 10.1 Å². The number of nitrogens with one attached hydrogen (secondary N) is 3. The molecule has 1 atom stereocenters. The van der Waals surface area contributed by atoms with E-state index in [0.29, 0.717) is 11.3 Å². The minimum Gasteiger partial charge on any atom is -0.444 e. The number of fused-ring (bicyclic) bond motifs is 1. The van der Waals surface area contributed by atoms with E-state index in [4.69, 9.17) is 4.74 Å². The summed E-state index contributed by atoms with van der Waals surface area (Å²) >= 11 is 0. The van der Waals surface area contributed by atoms with Crippen molar-refractivity contribution in [1.29, 1.82) is 0 Å². The van der Waals surface area contributed by atoms with Gasteiger partial charge in [0.05, 0.1) is 23.4 Å². The fraction of sp³-hybridized carbons (Fsp3) is 0.192. The first-order valence-corrected chi connectivity index (χ1v) is 10.7. The van der Waals surface area contributed by atoms with Crippen LogP contribution in [0, 0.1) is 0 Å². The maximum absolute atomic E-state index is 13.2. The second-order valence-electron chi connectivity index (χ2n) is 8.70. The van der Waals surface area contributed by atoms with Crippen molar-refractivity contribution < 1.29 is 14.3 Å². The second-order valence-corrected chi connectivity index (χ2v) is 8.70. The van der Waals surface area contributed by atoms with Gasteiger partial charge in [0.1, 0.15) is 5.60 Å². The highest BCUT2D eigenvalue weighted by Gasteiger charge is 2.20. The molecule has 0 aliphatic heterocycles. The van der Waals surface area contributed by atoms with Crippen LogP contribution in [0.4, 0.5) is 10.5 Å². The number of nitrogens with zero attached hydrogens (tertiary/aromatic N) is 1. The monoisotopic (exact) mass is 442 g/mol. The molecular formula is C26H26N4O3. The molecule has 0 fully saturated rings. The lowest BCUT2D eigenvalue weighted by Crippen LogP contribution is -2.29. The zero-order chi connectivity index (χ0) is 23.4. The molecule has 0 saturated carbocycles. The molecule has 0 bridgehead atoms. The van der Waals surface area contributed by atoms with Crippen molar-refractivity contribution in [3.05, 3.63) is 95.8 Å². The summed E-state index contributed by atoms with van der Waals surface area (Å²) in [5.74, 6) is -0.263. The van der Waals surface area contributed by atoms with E-state index in [2.05, 4.69) is 20.6 Å². The number of anilines is 1. The number of aromatic amines is 1. The predicted molar refractivity (Wildman–Crippen MR) is 128 cm³/mol. The number of benzene rings is 3. The molecular weight excluding hydrogens is 416 g/mol. The SMILES string of the molecule is CC(C)(C)OC(=O)Nc1cccc(C(=O)NC(c2ccccc2)c2ccc3nc[nH]c3c2)c1. The lowest BCUT2D eigenvalue weighted by Gasteiger charge is -2.21. The molecule has 4 aromatic rings. The maximum Gasteiger partial charge on any atom is 0.412 e. The third-order valence-corrected chi connectivity index (χ3v) is 4.96. The average molecular weight is 443 g/mol. The standard InChI is InChI=1S/C26H26N4O3/c1-26(2,3)33-25(32)29-20-11-7-10-19(14-20)24(31)30-23(17-8-5-4-6-9-17)18-12-13-21-22(15-18)28-16-27-21/h4-16,23H,1-3H3,(H,27,28)(H,29,32)(H,30,31). The first kappa shape index (κ1) is 22.1. The number of H-pyrrole nitrogens is 1. The number of carbonyl (C=O) groups excluding carboxylic acids is 2. The molecule has 0 aliphatic rings. The van der Waals surface area contributed by atoms with Gasteiger partial charge in [-0.15, -0.1) is 0 Å². The Hall–Kier alpha value is -4.13. The molecule has 1 aromatic heterocycles. The van der Waals surface area contributed by atoms with E-state index in [-0.39, 0.29) is 11.9 Å². The highest BCUT2D eigenvalue weighted by Crippen LogP contribution is 2.25. The fourth-order valence-electron chi connectivity index (χ4n) is 3.51. The van der Waals surface area contributed by atoms with E-state index < -0.39 is 11.7 Å². The smallest absolute Gasteiger partial charge is 0.412 e. The fourth-order valence-corrected chi connectivity index (χ4v) is 3.51. The normalized spacial score (nSPS) is 12.2. The van der Waals surface area contributed by atoms with Gasteiger partial charge in [-0.25, -0.2) is 9.78 Å². The molecule has 7 heteroatoms. The number of carbonyl (C=O) groups is 2. The number of imidazole rings is 1. The van der Waals surface area contributed by atoms with Crippen molar-refractivity contribution >= 4 is 28.7 Å². The van der Waals surface area contributed by atoms with Crippen molar-refractivity contribution in [3.8, 4) is 0 Å². The Bertz CT molecular complexity index is 1280. The molecule has 0 saturated heterocycles. The van der Waals surface area contributed by atoms with Crippen LogP contribution in [0.1, 0.15) is 48.3 Å². The first-order chi connectivity index (χ1) is 15.8. The third-order valence-electron chi connectivity index (χ3n) is 4.96. The van der Waals surface area contributed by atoms with Crippen LogP contribution in [-0.4, -0.2) is 27.6 Å². The van der Waals surface area contributed by atoms with Gasteiger partial charge in [0.15, 0.2) is 0 Å². The molecule has 1 unspecified atom stereocenters. The quantitative estimate of drug-likeness (QED) is 0.384. The lowest BCUT2D eigenvalue weighted by atomic mass is 9.97. The number of rotatable bonds is 5.